The molecule has 0 unspecified atom stereocenters. The van der Waals surface area contributed by atoms with Crippen LogP contribution in [0.15, 0.2) is 47.5 Å². The number of anilines is 1. The number of amides is 1. The minimum absolute atomic E-state index is 0.000279. The zero-order valence-corrected chi connectivity index (χ0v) is 24.9. The van der Waals surface area contributed by atoms with E-state index in [0.29, 0.717) is 12.1 Å². The van der Waals surface area contributed by atoms with Crippen LogP contribution in [0, 0.1) is 29.6 Å². The lowest BCUT2D eigenvalue weighted by Crippen LogP contribution is -2.41. The Balaban J connectivity index is 1.45. The fourth-order valence-electron chi connectivity index (χ4n) is 5.55. The Hall–Kier alpha value is -4.12. The number of halogens is 3. The average molecular weight is 617 g/mol. The Morgan fingerprint density at radius 1 is 1.21 bits per heavy atom. The molecular weight excluding hydrogens is 585 g/mol. The van der Waals surface area contributed by atoms with Crippen LogP contribution in [0.4, 0.5) is 19.0 Å². The van der Waals surface area contributed by atoms with Crippen molar-refractivity contribution >= 4 is 21.7 Å². The number of rotatable bonds is 8. The van der Waals surface area contributed by atoms with Crippen LogP contribution in [0.1, 0.15) is 61.5 Å². The lowest BCUT2D eigenvalue weighted by Gasteiger charge is -2.34. The monoisotopic (exact) mass is 616 g/mol. The van der Waals surface area contributed by atoms with Crippen molar-refractivity contribution in [2.24, 2.45) is 11.3 Å². The predicted molar refractivity (Wildman–Crippen MR) is 150 cm³/mol. The third-order valence-corrected chi connectivity index (χ3v) is 9.50. The molecule has 1 aliphatic heterocycles. The number of aromatic nitrogens is 3. The van der Waals surface area contributed by atoms with Crippen molar-refractivity contribution in [1.29, 1.82) is 5.26 Å². The largest absolute Gasteiger partial charge is 0.476 e. The Morgan fingerprint density at radius 3 is 2.51 bits per heavy atom. The molecule has 43 heavy (non-hydrogen) atoms. The summed E-state index contributed by atoms with van der Waals surface area (Å²) in [6, 6.07) is 10.3. The van der Waals surface area contributed by atoms with Crippen molar-refractivity contribution in [3.8, 4) is 17.8 Å². The number of alkyl halides is 3. The fourth-order valence-corrected chi connectivity index (χ4v) is 6.74. The maximum atomic E-state index is 13.5. The zero-order valence-electron chi connectivity index (χ0n) is 24.1. The molecule has 2 fully saturated rings. The summed E-state index contributed by atoms with van der Waals surface area (Å²) in [4.78, 5) is 20.0. The van der Waals surface area contributed by atoms with Crippen LogP contribution in [0.25, 0.3) is 5.82 Å². The standard InChI is InChI=1S/C29H31F3N6O4S/c1-18-14-27(3,4)37(16-18)25-21(26(39)36-43(40,41)22-7-5-20(15-33)13-19(22)2)6-8-23(34-25)38-12-9-24(35-38)42-17-28(10-11-28)29(30,31)32/h5-9,12-13,18H,10-11,14,16-17H2,1-4H3,(H,36,39)/t18-/m0/s1. The van der Waals surface area contributed by atoms with Gasteiger partial charge in [0.2, 0.25) is 5.88 Å². The van der Waals surface area contributed by atoms with E-state index in [0.717, 1.165) is 6.42 Å². The van der Waals surface area contributed by atoms with Gasteiger partial charge in [-0.1, -0.05) is 6.92 Å². The second kappa shape index (κ2) is 10.6. The number of pyridine rings is 1. The van der Waals surface area contributed by atoms with E-state index >= 15 is 0 Å². The second-order valence-electron chi connectivity index (χ2n) is 12.0. The van der Waals surface area contributed by atoms with Gasteiger partial charge in [-0.15, -0.1) is 5.10 Å². The van der Waals surface area contributed by atoms with Crippen molar-refractivity contribution in [2.75, 3.05) is 18.1 Å². The van der Waals surface area contributed by atoms with Gasteiger partial charge in [-0.2, -0.15) is 18.4 Å². The predicted octanol–water partition coefficient (Wildman–Crippen LogP) is 4.91. The number of sulfonamides is 1. The average Bonchev–Trinajstić information content (AvgIpc) is 3.49. The van der Waals surface area contributed by atoms with Crippen LogP contribution in [0.3, 0.4) is 0 Å². The lowest BCUT2D eigenvalue weighted by molar-refractivity contribution is -0.194. The minimum Gasteiger partial charge on any atom is -0.476 e. The molecule has 14 heteroatoms. The van der Waals surface area contributed by atoms with Gasteiger partial charge in [0, 0.05) is 24.3 Å². The van der Waals surface area contributed by atoms with Crippen molar-refractivity contribution < 1.29 is 31.1 Å². The van der Waals surface area contributed by atoms with Crippen LogP contribution < -0.4 is 14.4 Å². The molecule has 1 amide bonds. The third-order valence-electron chi connectivity index (χ3n) is 8.00. The summed E-state index contributed by atoms with van der Waals surface area (Å²) >= 11 is 0. The van der Waals surface area contributed by atoms with Crippen molar-refractivity contribution in [2.45, 2.75) is 63.6 Å². The number of nitrogens with one attached hydrogen (secondary N) is 1. The molecule has 0 radical (unpaired) electrons. The van der Waals surface area contributed by atoms with E-state index in [2.05, 4.69) is 16.7 Å². The van der Waals surface area contributed by atoms with Crippen molar-refractivity contribution in [3.63, 3.8) is 0 Å². The normalized spacial score (nSPS) is 19.1. The molecule has 1 N–H and O–H groups in total. The topological polar surface area (TPSA) is 130 Å². The molecule has 2 aromatic heterocycles. The Labute approximate surface area is 247 Å². The van der Waals surface area contributed by atoms with E-state index in [9.17, 15) is 26.4 Å². The van der Waals surface area contributed by atoms with Crippen molar-refractivity contribution in [3.05, 3.63) is 59.3 Å². The maximum absolute atomic E-state index is 13.5. The van der Waals surface area contributed by atoms with Gasteiger partial charge >= 0.3 is 6.18 Å². The van der Waals surface area contributed by atoms with E-state index in [1.165, 1.54) is 54.2 Å². The molecule has 2 aliphatic rings. The van der Waals surface area contributed by atoms with Gasteiger partial charge < -0.3 is 9.64 Å². The van der Waals surface area contributed by atoms with Gasteiger partial charge in [0.15, 0.2) is 5.82 Å². The number of carbonyl (C=O) groups is 1. The van der Waals surface area contributed by atoms with Gasteiger partial charge in [0.25, 0.3) is 15.9 Å². The summed E-state index contributed by atoms with van der Waals surface area (Å²) in [5, 5.41) is 13.3. The summed E-state index contributed by atoms with van der Waals surface area (Å²) in [5.41, 5.74) is -1.65. The summed E-state index contributed by atoms with van der Waals surface area (Å²) in [6.07, 6.45) is -2.05. The summed E-state index contributed by atoms with van der Waals surface area (Å²) in [6.45, 7) is 7.62. The quantitative estimate of drug-likeness (QED) is 0.378. The molecule has 1 aliphatic carbocycles. The van der Waals surface area contributed by atoms with Crippen LogP contribution in [0.2, 0.25) is 0 Å². The number of aryl methyl sites for hydroxylation is 1. The Kier molecular flexibility index (Phi) is 7.44. The molecule has 228 valence electrons. The molecule has 10 nitrogen and oxygen atoms in total. The molecule has 1 saturated heterocycles. The minimum atomic E-state index is -4.35. The number of nitrogens with zero attached hydrogens (tertiary/aromatic N) is 5. The number of nitriles is 1. The smallest absolute Gasteiger partial charge is 0.397 e. The van der Waals surface area contributed by atoms with E-state index in [4.69, 9.17) is 15.0 Å². The van der Waals surface area contributed by atoms with Crippen LogP contribution >= 0.6 is 0 Å². The first-order chi connectivity index (χ1) is 20.0. The molecule has 0 spiro atoms. The highest BCUT2D eigenvalue weighted by Gasteiger charge is 2.64. The third kappa shape index (κ3) is 5.90. The molecule has 3 heterocycles. The first-order valence-corrected chi connectivity index (χ1v) is 15.2. The molecular formula is C29H31F3N6O4S. The number of ether oxygens (including phenoxy) is 1. The zero-order chi connectivity index (χ0) is 31.4. The second-order valence-corrected chi connectivity index (χ2v) is 13.6. The van der Waals surface area contributed by atoms with Crippen LogP contribution in [-0.2, 0) is 10.0 Å². The van der Waals surface area contributed by atoms with E-state index in [-0.39, 0.29) is 52.3 Å². The molecule has 1 saturated carbocycles. The van der Waals surface area contributed by atoms with Gasteiger partial charge in [-0.05, 0) is 81.8 Å². The van der Waals surface area contributed by atoms with Gasteiger partial charge in [0.05, 0.1) is 22.1 Å². The van der Waals surface area contributed by atoms with Gasteiger partial charge in [-0.25, -0.2) is 22.8 Å². The lowest BCUT2D eigenvalue weighted by atomic mass is 9.97. The Bertz CT molecular complexity index is 1720. The maximum Gasteiger partial charge on any atom is 0.397 e. The number of benzene rings is 1. The van der Waals surface area contributed by atoms with Gasteiger partial charge in [0.1, 0.15) is 17.8 Å². The van der Waals surface area contributed by atoms with Crippen molar-refractivity contribution in [1.82, 2.24) is 19.5 Å². The number of hydrogen-bond acceptors (Lipinski definition) is 8. The van der Waals surface area contributed by atoms with Crippen LogP contribution in [-0.4, -0.2) is 54.0 Å². The molecule has 5 rings (SSSR count). The molecule has 1 aromatic carbocycles. The first kappa shape index (κ1) is 30.3. The number of carbonyl (C=O) groups excluding carboxylic acids is 1. The highest BCUT2D eigenvalue weighted by Crippen LogP contribution is 2.57. The summed E-state index contributed by atoms with van der Waals surface area (Å²) in [5.74, 6) is -0.128. The highest BCUT2D eigenvalue weighted by molar-refractivity contribution is 7.90. The molecule has 0 bridgehead atoms. The summed E-state index contributed by atoms with van der Waals surface area (Å²) in [7, 11) is -4.30. The fraction of sp³-hybridized carbons (Fsp3) is 0.448. The van der Waals surface area contributed by atoms with E-state index in [1.54, 1.807) is 0 Å². The first-order valence-electron chi connectivity index (χ1n) is 13.7. The molecule has 3 aromatic rings. The number of hydrogen-bond donors (Lipinski definition) is 1. The van der Waals surface area contributed by atoms with E-state index < -0.39 is 39.7 Å². The Morgan fingerprint density at radius 2 is 1.93 bits per heavy atom. The molecule has 1 atom stereocenters. The summed E-state index contributed by atoms with van der Waals surface area (Å²) < 4.78 is 75.1. The highest BCUT2D eigenvalue weighted by atomic mass is 32.2. The van der Waals surface area contributed by atoms with Gasteiger partial charge in [-0.3, -0.25) is 4.79 Å². The SMILES string of the molecule is Cc1cc(C#N)ccc1S(=O)(=O)NC(=O)c1ccc(-n2ccc(OCC3(C(F)(F)F)CC3)n2)nc1N1C[C@@H](C)CC1(C)C. The van der Waals surface area contributed by atoms with Crippen LogP contribution in [0.5, 0.6) is 5.88 Å². The van der Waals surface area contributed by atoms with E-state index in [1.807, 2.05) is 24.8 Å².